The Balaban J connectivity index is 0.00000225. The Labute approximate surface area is 152 Å². The van der Waals surface area contributed by atoms with Crippen LogP contribution in [0.5, 0.6) is 11.5 Å². The van der Waals surface area contributed by atoms with E-state index >= 15 is 0 Å². The lowest BCUT2D eigenvalue weighted by molar-refractivity contribution is 0.103. The summed E-state index contributed by atoms with van der Waals surface area (Å²) in [5.74, 6) is -0.643. The van der Waals surface area contributed by atoms with Crippen molar-refractivity contribution in [3.05, 3.63) is 89.5 Å². The van der Waals surface area contributed by atoms with Crippen molar-refractivity contribution >= 4 is 23.9 Å². The van der Waals surface area contributed by atoms with Crippen LogP contribution in [0.15, 0.2) is 72.8 Å². The second-order valence-electron chi connectivity index (χ2n) is 5.42. The van der Waals surface area contributed by atoms with Gasteiger partial charge in [-0.3, -0.25) is 4.79 Å². The minimum Gasteiger partial charge on any atom is -0.507 e. The van der Waals surface area contributed by atoms with Crippen molar-refractivity contribution in [2.45, 2.75) is 6.54 Å². The molecule has 0 fully saturated rings. The molecule has 0 atom stereocenters. The van der Waals surface area contributed by atoms with E-state index in [1.165, 1.54) is 12.1 Å². The highest BCUT2D eigenvalue weighted by Crippen LogP contribution is 2.33. The summed E-state index contributed by atoms with van der Waals surface area (Å²) in [5, 5.41) is 23.1. The topological polar surface area (TPSA) is 69.6 Å². The van der Waals surface area contributed by atoms with Gasteiger partial charge in [-0.15, -0.1) is 12.4 Å². The summed E-state index contributed by atoms with van der Waals surface area (Å²) in [5.41, 5.74) is 2.07. The van der Waals surface area contributed by atoms with Gasteiger partial charge in [0.05, 0.1) is 11.3 Å². The van der Waals surface area contributed by atoms with E-state index in [-0.39, 0.29) is 35.3 Å². The fourth-order valence-corrected chi connectivity index (χ4v) is 2.44. The Morgan fingerprint density at radius 2 is 1.44 bits per heavy atom. The zero-order valence-corrected chi connectivity index (χ0v) is 14.2. The van der Waals surface area contributed by atoms with E-state index < -0.39 is 0 Å². The predicted octanol–water partition coefficient (Wildman–Crippen LogP) is 4.36. The molecule has 0 saturated carbocycles. The van der Waals surface area contributed by atoms with Crippen molar-refractivity contribution in [3.8, 4) is 11.5 Å². The molecule has 0 radical (unpaired) electrons. The molecule has 3 aromatic carbocycles. The molecule has 3 aromatic rings. The fraction of sp³-hybridized carbons (Fsp3) is 0.0500. The Bertz CT molecular complexity index is 852. The van der Waals surface area contributed by atoms with Crippen molar-refractivity contribution in [3.63, 3.8) is 0 Å². The van der Waals surface area contributed by atoms with Crippen LogP contribution in [0.25, 0.3) is 0 Å². The minimum atomic E-state index is -0.295. The average molecular weight is 356 g/mol. The molecule has 25 heavy (non-hydrogen) atoms. The lowest BCUT2D eigenvalue weighted by Crippen LogP contribution is -2.04. The van der Waals surface area contributed by atoms with Gasteiger partial charge >= 0.3 is 0 Å². The molecular weight excluding hydrogens is 338 g/mol. The van der Waals surface area contributed by atoms with Gasteiger partial charge in [0.2, 0.25) is 0 Å². The van der Waals surface area contributed by atoms with Crippen LogP contribution in [0, 0.1) is 0 Å². The second-order valence-corrected chi connectivity index (χ2v) is 5.42. The number of phenolic OH excluding ortho intramolecular Hbond substituents is 2. The van der Waals surface area contributed by atoms with E-state index in [1.807, 2.05) is 36.4 Å². The molecule has 0 aromatic heterocycles. The van der Waals surface area contributed by atoms with E-state index in [4.69, 9.17) is 0 Å². The van der Waals surface area contributed by atoms with Crippen molar-refractivity contribution < 1.29 is 15.0 Å². The Morgan fingerprint density at radius 3 is 2.08 bits per heavy atom. The van der Waals surface area contributed by atoms with Crippen LogP contribution in [-0.4, -0.2) is 16.0 Å². The Kier molecular flexibility index (Phi) is 6.03. The smallest absolute Gasteiger partial charge is 0.196 e. The number of phenols is 2. The molecule has 3 N–H and O–H groups in total. The first-order valence-electron chi connectivity index (χ1n) is 7.58. The maximum absolute atomic E-state index is 12.5. The first-order valence-corrected chi connectivity index (χ1v) is 7.58. The third-order valence-corrected chi connectivity index (χ3v) is 3.72. The summed E-state index contributed by atoms with van der Waals surface area (Å²) in [4.78, 5) is 12.5. The van der Waals surface area contributed by atoms with Crippen molar-refractivity contribution in [2.24, 2.45) is 0 Å². The third kappa shape index (κ3) is 4.31. The molecule has 0 aliphatic carbocycles. The molecule has 5 heteroatoms. The first-order chi connectivity index (χ1) is 11.6. The van der Waals surface area contributed by atoms with Gasteiger partial charge in [-0.05, 0) is 11.6 Å². The van der Waals surface area contributed by atoms with E-state index in [9.17, 15) is 15.0 Å². The summed E-state index contributed by atoms with van der Waals surface area (Å²) in [6, 6.07) is 21.1. The van der Waals surface area contributed by atoms with Crippen LogP contribution in [0.4, 0.5) is 5.69 Å². The molecule has 0 aliphatic heterocycles. The SMILES string of the molecule is Cl.O=C(c1ccccc1)c1cc(NCc2ccccc2)c(O)cc1O. The molecular formula is C20H18ClNO3. The molecule has 0 heterocycles. The van der Waals surface area contributed by atoms with Crippen molar-refractivity contribution in [1.29, 1.82) is 0 Å². The molecule has 4 nitrogen and oxygen atoms in total. The standard InChI is InChI=1S/C20H17NO3.ClH/c22-18-12-19(23)17(21-13-14-7-3-1-4-8-14)11-16(18)20(24)15-9-5-2-6-10-15;/h1-12,21-23H,13H2;1H. The number of carbonyl (C=O) groups excluding carboxylic acids is 1. The summed E-state index contributed by atoms with van der Waals surface area (Å²) in [6.07, 6.45) is 0. The Hall–Kier alpha value is -2.98. The number of nitrogens with one attached hydrogen (secondary N) is 1. The van der Waals surface area contributed by atoms with Crippen LogP contribution in [0.2, 0.25) is 0 Å². The van der Waals surface area contributed by atoms with Crippen molar-refractivity contribution in [2.75, 3.05) is 5.32 Å². The van der Waals surface area contributed by atoms with Gasteiger partial charge < -0.3 is 15.5 Å². The van der Waals surface area contributed by atoms with Crippen LogP contribution in [-0.2, 0) is 6.54 Å². The number of benzene rings is 3. The Morgan fingerprint density at radius 1 is 0.840 bits per heavy atom. The van der Waals surface area contributed by atoms with Crippen LogP contribution >= 0.6 is 12.4 Å². The van der Waals surface area contributed by atoms with E-state index in [2.05, 4.69) is 5.32 Å². The van der Waals surface area contributed by atoms with Gasteiger partial charge in [-0.1, -0.05) is 60.7 Å². The van der Waals surface area contributed by atoms with Crippen molar-refractivity contribution in [1.82, 2.24) is 0 Å². The lowest BCUT2D eigenvalue weighted by atomic mass is 10.0. The number of carbonyl (C=O) groups is 1. The molecule has 0 amide bonds. The van der Waals surface area contributed by atoms with Crippen LogP contribution < -0.4 is 5.32 Å². The highest BCUT2D eigenvalue weighted by atomic mass is 35.5. The maximum Gasteiger partial charge on any atom is 0.196 e. The van der Waals surface area contributed by atoms with Crippen LogP contribution in [0.3, 0.4) is 0 Å². The van der Waals surface area contributed by atoms with E-state index in [0.29, 0.717) is 17.8 Å². The van der Waals surface area contributed by atoms with Crippen LogP contribution in [0.1, 0.15) is 21.5 Å². The fourth-order valence-electron chi connectivity index (χ4n) is 2.44. The van der Waals surface area contributed by atoms with Gasteiger partial charge in [-0.2, -0.15) is 0 Å². The van der Waals surface area contributed by atoms with Gasteiger partial charge in [0.25, 0.3) is 0 Å². The van der Waals surface area contributed by atoms with Gasteiger partial charge in [-0.25, -0.2) is 0 Å². The largest absolute Gasteiger partial charge is 0.507 e. The number of aromatic hydroxyl groups is 2. The summed E-state index contributed by atoms with van der Waals surface area (Å²) in [6.45, 7) is 0.498. The number of anilines is 1. The quantitative estimate of drug-likeness (QED) is 0.361. The molecule has 3 rings (SSSR count). The van der Waals surface area contributed by atoms with Gasteiger partial charge in [0, 0.05) is 18.2 Å². The predicted molar refractivity (Wildman–Crippen MR) is 101 cm³/mol. The molecule has 0 unspecified atom stereocenters. The zero-order chi connectivity index (χ0) is 16.9. The van der Waals surface area contributed by atoms with E-state index in [0.717, 1.165) is 5.56 Å². The number of hydrogen-bond donors (Lipinski definition) is 3. The highest BCUT2D eigenvalue weighted by Gasteiger charge is 2.16. The monoisotopic (exact) mass is 355 g/mol. The summed E-state index contributed by atoms with van der Waals surface area (Å²) < 4.78 is 0. The van der Waals surface area contributed by atoms with E-state index in [1.54, 1.807) is 24.3 Å². The molecule has 0 bridgehead atoms. The first kappa shape index (κ1) is 18.4. The normalized spacial score (nSPS) is 9.92. The highest BCUT2D eigenvalue weighted by molar-refractivity contribution is 6.11. The summed E-state index contributed by atoms with van der Waals surface area (Å²) >= 11 is 0. The third-order valence-electron chi connectivity index (χ3n) is 3.72. The summed E-state index contributed by atoms with van der Waals surface area (Å²) in [7, 11) is 0. The number of halogens is 1. The lowest BCUT2D eigenvalue weighted by Gasteiger charge is -2.12. The number of ketones is 1. The number of hydrogen-bond acceptors (Lipinski definition) is 4. The molecule has 128 valence electrons. The average Bonchev–Trinajstić information content (AvgIpc) is 2.62. The molecule has 0 spiro atoms. The zero-order valence-electron chi connectivity index (χ0n) is 13.3. The maximum atomic E-state index is 12.5. The van der Waals surface area contributed by atoms with Gasteiger partial charge in [0.1, 0.15) is 11.5 Å². The second kappa shape index (κ2) is 8.22. The number of rotatable bonds is 5. The molecule has 0 saturated heterocycles. The molecule has 0 aliphatic rings. The van der Waals surface area contributed by atoms with Gasteiger partial charge in [0.15, 0.2) is 5.78 Å². The minimum absolute atomic E-state index is 0.